The number of primary amides is 1. The first-order valence-corrected chi connectivity index (χ1v) is 3.69. The molecule has 16 heavy (non-hydrogen) atoms. The van der Waals surface area contributed by atoms with Crippen LogP contribution in [-0.4, -0.2) is 25.4 Å². The first kappa shape index (κ1) is 19.1. The normalized spacial score (nSPS) is 8.31. The van der Waals surface area contributed by atoms with Crippen molar-refractivity contribution in [2.24, 2.45) is 37.9 Å². The molecule has 0 aliphatic heterocycles. The summed E-state index contributed by atoms with van der Waals surface area (Å²) in [7, 11) is 0. The van der Waals surface area contributed by atoms with Crippen molar-refractivity contribution in [2.75, 3.05) is 6.61 Å². The van der Waals surface area contributed by atoms with Crippen LogP contribution in [0.4, 0.5) is 4.79 Å². The number of carbonyl (C=O) groups is 1. The summed E-state index contributed by atoms with van der Waals surface area (Å²) >= 11 is 0. The molecule has 92 valence electrons. The monoisotopic (exact) mass is 233 g/mol. The van der Waals surface area contributed by atoms with Crippen LogP contribution in [0.5, 0.6) is 0 Å². The maximum absolute atomic E-state index is 9.60. The molecular formula is C5H15N9O2. The largest absolute Gasteiger partial charge is 0.450 e. The Labute approximate surface area is 91.7 Å². The number of carbonyl (C=O) groups excluding carboxylic acids is 1. The zero-order valence-corrected chi connectivity index (χ0v) is 8.70. The number of rotatable bonds is 3. The zero-order valence-electron chi connectivity index (χ0n) is 8.70. The highest BCUT2D eigenvalue weighted by Gasteiger charge is 1.82. The topological polar surface area (TPSA) is 202 Å². The minimum Gasteiger partial charge on any atom is -0.450 e. The zero-order chi connectivity index (χ0) is 13.2. The van der Waals surface area contributed by atoms with Gasteiger partial charge in [0.1, 0.15) is 0 Å². The van der Waals surface area contributed by atoms with Crippen molar-refractivity contribution in [3.63, 3.8) is 0 Å². The molecule has 0 aromatic carbocycles. The van der Waals surface area contributed by atoms with Gasteiger partial charge in [0.2, 0.25) is 0 Å². The van der Waals surface area contributed by atoms with Crippen LogP contribution < -0.4 is 17.4 Å². The van der Waals surface area contributed by atoms with Gasteiger partial charge in [-0.15, -0.1) is 10.2 Å². The summed E-state index contributed by atoms with van der Waals surface area (Å²) in [5, 5.41) is 11.1. The van der Waals surface area contributed by atoms with Crippen molar-refractivity contribution in [1.82, 2.24) is 0 Å². The van der Waals surface area contributed by atoms with E-state index in [-0.39, 0.29) is 0 Å². The molecule has 0 rings (SSSR count). The van der Waals surface area contributed by atoms with Crippen LogP contribution in [0.1, 0.15) is 6.92 Å². The van der Waals surface area contributed by atoms with Crippen molar-refractivity contribution in [2.45, 2.75) is 6.92 Å². The molecule has 0 heterocycles. The molecule has 0 spiro atoms. The third-order valence-electron chi connectivity index (χ3n) is 0.535. The van der Waals surface area contributed by atoms with E-state index in [1.807, 2.05) is 0 Å². The molecular weight excluding hydrogens is 218 g/mol. The molecule has 0 radical (unpaired) electrons. The van der Waals surface area contributed by atoms with E-state index in [0.29, 0.717) is 6.61 Å². The maximum Gasteiger partial charge on any atom is 0.404 e. The Morgan fingerprint density at radius 3 is 1.62 bits per heavy atom. The summed E-state index contributed by atoms with van der Waals surface area (Å²) in [5.41, 5.74) is 16.5. The molecule has 1 amide bonds. The summed E-state index contributed by atoms with van der Waals surface area (Å²) in [6, 6.07) is 0. The summed E-state index contributed by atoms with van der Waals surface area (Å²) in [4.78, 5) is 9.60. The fourth-order valence-electron chi connectivity index (χ4n) is 0.209. The van der Waals surface area contributed by atoms with Crippen LogP contribution in [0, 0.1) is 11.1 Å². The lowest BCUT2D eigenvalue weighted by molar-refractivity contribution is 0.163. The van der Waals surface area contributed by atoms with Gasteiger partial charge in [-0.25, -0.2) is 15.9 Å². The maximum atomic E-state index is 9.60. The smallest absolute Gasteiger partial charge is 0.404 e. The van der Waals surface area contributed by atoms with Crippen molar-refractivity contribution in [3.05, 3.63) is 0 Å². The van der Waals surface area contributed by atoms with E-state index in [2.05, 4.69) is 42.6 Å². The minimum atomic E-state index is -0.711. The molecule has 11 heteroatoms. The van der Waals surface area contributed by atoms with Gasteiger partial charge >= 0.3 is 6.09 Å². The van der Waals surface area contributed by atoms with Gasteiger partial charge in [-0.2, -0.15) is 10.2 Å². The average molecular weight is 233 g/mol. The predicted molar refractivity (Wildman–Crippen MR) is 56.9 cm³/mol. The van der Waals surface area contributed by atoms with E-state index in [1.165, 1.54) is 0 Å². The van der Waals surface area contributed by atoms with E-state index in [4.69, 9.17) is 11.1 Å². The van der Waals surface area contributed by atoms with Gasteiger partial charge in [-0.05, 0) is 6.92 Å². The summed E-state index contributed by atoms with van der Waals surface area (Å²) in [5.74, 6) is 8.99. The lowest BCUT2D eigenvalue weighted by atomic mass is 10.9. The molecule has 0 saturated heterocycles. The van der Waals surface area contributed by atoms with Crippen molar-refractivity contribution in [3.8, 4) is 0 Å². The fraction of sp³-hybridized carbons (Fsp3) is 0.400. The van der Waals surface area contributed by atoms with E-state index in [0.717, 1.165) is 12.7 Å². The molecule has 0 fully saturated rings. The van der Waals surface area contributed by atoms with Crippen LogP contribution >= 0.6 is 0 Å². The summed E-state index contributed by atoms with van der Waals surface area (Å²) < 4.78 is 4.18. The van der Waals surface area contributed by atoms with Crippen molar-refractivity contribution < 1.29 is 9.53 Å². The van der Waals surface area contributed by atoms with Crippen LogP contribution in [0.15, 0.2) is 20.4 Å². The van der Waals surface area contributed by atoms with E-state index >= 15 is 0 Å². The Bertz CT molecular complexity index is 210. The quantitative estimate of drug-likeness (QED) is 0.149. The highest BCUT2D eigenvalue weighted by molar-refractivity contribution is 5.64. The summed E-state index contributed by atoms with van der Waals surface area (Å²) in [6.07, 6.45) is 1.18. The van der Waals surface area contributed by atoms with Gasteiger partial charge in [0.25, 0.3) is 0 Å². The molecule has 0 aromatic heterocycles. The number of hydrazone groups is 2. The second-order valence-corrected chi connectivity index (χ2v) is 1.54. The second kappa shape index (κ2) is 22.8. The predicted octanol–water partition coefficient (Wildman–Crippen LogP) is -0.0597. The van der Waals surface area contributed by atoms with Gasteiger partial charge in [0.15, 0.2) is 12.7 Å². The Balaban J connectivity index is -0.000000160. The molecule has 0 atom stereocenters. The minimum absolute atomic E-state index is 0.356. The van der Waals surface area contributed by atoms with Gasteiger partial charge in [-0.3, -0.25) is 0 Å². The number of nitrogens with one attached hydrogen (secondary N) is 2. The first-order chi connectivity index (χ1) is 7.60. The third kappa shape index (κ3) is 63.6. The molecule has 0 bridgehead atoms. The number of hydrogen-bond donors (Lipinski definition) is 5. The lowest BCUT2D eigenvalue weighted by Gasteiger charge is -1.89. The molecule has 0 saturated carbocycles. The van der Waals surface area contributed by atoms with E-state index < -0.39 is 6.09 Å². The molecule has 0 unspecified atom stereocenters. The lowest BCUT2D eigenvalue weighted by Crippen LogP contribution is -2.11. The van der Waals surface area contributed by atoms with Crippen LogP contribution in [-0.2, 0) is 4.74 Å². The van der Waals surface area contributed by atoms with Crippen molar-refractivity contribution in [1.29, 1.82) is 11.1 Å². The Morgan fingerprint density at radius 1 is 1.25 bits per heavy atom. The number of hydrogen-bond acceptors (Lipinski definition) is 8. The third-order valence-corrected chi connectivity index (χ3v) is 0.535. The Hall–Kier alpha value is -2.59. The molecule has 11 nitrogen and oxygen atoms in total. The van der Waals surface area contributed by atoms with Gasteiger partial charge in [-0.1, -0.05) is 0 Å². The van der Waals surface area contributed by atoms with Crippen LogP contribution in [0.2, 0.25) is 0 Å². The highest BCUT2D eigenvalue weighted by Crippen LogP contribution is 1.66. The Morgan fingerprint density at radius 2 is 1.62 bits per heavy atom. The number of nitrogens with zero attached hydrogens (tertiary/aromatic N) is 4. The number of ether oxygens (including phenoxy) is 1. The molecule has 8 N–H and O–H groups in total. The molecule has 0 aromatic rings. The van der Waals surface area contributed by atoms with Crippen molar-refractivity contribution >= 4 is 18.8 Å². The number of amides is 1. The second-order valence-electron chi connectivity index (χ2n) is 1.54. The highest BCUT2D eigenvalue weighted by atomic mass is 16.5. The average Bonchev–Trinajstić information content (AvgIpc) is 2.21. The van der Waals surface area contributed by atoms with Gasteiger partial charge in [0, 0.05) is 0 Å². The number of nitrogens with two attached hydrogens (primary N) is 3. The van der Waals surface area contributed by atoms with E-state index in [9.17, 15) is 4.79 Å². The molecule has 0 aliphatic rings. The van der Waals surface area contributed by atoms with Gasteiger partial charge < -0.3 is 22.2 Å². The van der Waals surface area contributed by atoms with E-state index in [1.54, 1.807) is 6.92 Å². The fourth-order valence-corrected chi connectivity index (χ4v) is 0.209. The SMILES string of the molecule is CCOC(N)=O.N=NC=NN.N=NC=NN. The first-order valence-electron chi connectivity index (χ1n) is 3.69. The standard InChI is InChI=1S/C3H7NO2.2CH4N4/c1-2-6-3(4)5;2*2-4-1-5-3/h2H2,1H3,(H2,4,5);2*1-2H,3H2. The Kier molecular flexibility index (Phi) is 27.2. The molecule has 0 aliphatic carbocycles. The van der Waals surface area contributed by atoms with Gasteiger partial charge in [0.05, 0.1) is 6.61 Å². The van der Waals surface area contributed by atoms with Crippen LogP contribution in [0.25, 0.3) is 0 Å². The van der Waals surface area contributed by atoms with Crippen LogP contribution in [0.3, 0.4) is 0 Å². The summed E-state index contributed by atoms with van der Waals surface area (Å²) in [6.45, 7) is 2.06.